The molecule has 0 spiro atoms. The maximum atomic E-state index is 15.1. The summed E-state index contributed by atoms with van der Waals surface area (Å²) in [5.41, 5.74) is 15.0. The van der Waals surface area contributed by atoms with Gasteiger partial charge in [0.25, 0.3) is 0 Å². The van der Waals surface area contributed by atoms with Crippen LogP contribution in [0.25, 0.3) is 89.1 Å². The lowest BCUT2D eigenvalue weighted by Crippen LogP contribution is -2.44. The van der Waals surface area contributed by atoms with Gasteiger partial charge in [-0.15, -0.1) is 10.2 Å². The van der Waals surface area contributed by atoms with Crippen LogP contribution in [0, 0.1) is 59.0 Å². The second-order valence-electron chi connectivity index (χ2n) is 24.1. The van der Waals surface area contributed by atoms with Gasteiger partial charge in [-0.25, -0.2) is 37.2 Å². The molecule has 22 heteroatoms. The van der Waals surface area contributed by atoms with Crippen molar-refractivity contribution in [2.75, 3.05) is 58.3 Å². The minimum absolute atomic E-state index is 0.293. The molecule has 19 nitrogen and oxygen atoms in total. The molecule has 442 valence electrons. The van der Waals surface area contributed by atoms with E-state index in [-0.39, 0.29) is 17.5 Å². The third-order valence-electron chi connectivity index (χ3n) is 17.6. The van der Waals surface area contributed by atoms with E-state index < -0.39 is 0 Å². The molecule has 87 heavy (non-hydrogen) atoms. The number of rotatable bonds is 6. The summed E-state index contributed by atoms with van der Waals surface area (Å²) in [5.74, 6) is 0.806. The summed E-state index contributed by atoms with van der Waals surface area (Å²) in [6, 6.07) is 22.2. The molecule has 4 fully saturated rings. The van der Waals surface area contributed by atoms with Crippen molar-refractivity contribution in [1.29, 1.82) is 0 Å². The average Bonchev–Trinajstić information content (AvgIpc) is 3.42. The highest BCUT2D eigenvalue weighted by Gasteiger charge is 2.42. The first kappa shape index (κ1) is 55.9. The van der Waals surface area contributed by atoms with Gasteiger partial charge in [-0.2, -0.15) is 30.6 Å². The molecule has 13 heterocycles. The first-order valence-corrected chi connectivity index (χ1v) is 29.7. The number of likely N-dealkylation sites (tertiary alicyclic amines) is 2. The van der Waals surface area contributed by atoms with Crippen LogP contribution in [-0.2, 0) is 0 Å². The van der Waals surface area contributed by atoms with Crippen LogP contribution in [0.5, 0.6) is 0 Å². The third kappa shape index (κ3) is 10.8. The quantitative estimate of drug-likeness (QED) is 0.165. The number of benzene rings is 3. The van der Waals surface area contributed by atoms with E-state index in [0.717, 1.165) is 134 Å². The Bertz CT molecular complexity index is 4660. The summed E-state index contributed by atoms with van der Waals surface area (Å²) in [6.07, 6.45) is 9.08. The molecule has 16 rings (SSSR count). The van der Waals surface area contributed by atoms with E-state index in [1.54, 1.807) is 15.1 Å². The lowest BCUT2D eigenvalue weighted by molar-refractivity contribution is 0.253. The van der Waals surface area contributed by atoms with E-state index >= 15 is 4.39 Å². The van der Waals surface area contributed by atoms with Crippen LogP contribution in [0.4, 0.5) is 19.0 Å². The molecule has 4 aliphatic rings. The Morgan fingerprint density at radius 1 is 0.540 bits per heavy atom. The summed E-state index contributed by atoms with van der Waals surface area (Å²) in [7, 11) is 4.28. The van der Waals surface area contributed by atoms with E-state index in [4.69, 9.17) is 4.42 Å². The number of likely N-dealkylation sites (N-methyl/N-ethyl adjacent to an activating group) is 1. The highest BCUT2D eigenvalue weighted by atomic mass is 19.1. The molecule has 3 atom stereocenters. The molecule has 0 amide bonds. The SMILES string of the molecule is Cc1cc2oc(-c3cc(F)c4cc(C5CCN(C)CC5)nnc4c3)nc2c(C)n1.Cc1cn2nc(-c3cc(F)c4cc(C5CCCNC5)nnc4c3)cc(C)c2n1.Cc1cn2nc(-c3cc(F)c4cc(N5CC6C[C@H]5CN6C)nnc4c3)cc(C)c2n1. The number of oxazole rings is 1. The van der Waals surface area contributed by atoms with Gasteiger partial charge in [0.2, 0.25) is 5.89 Å². The fourth-order valence-electron chi connectivity index (χ4n) is 13.0. The van der Waals surface area contributed by atoms with Gasteiger partial charge in [-0.3, -0.25) is 9.88 Å². The van der Waals surface area contributed by atoms with Crippen LogP contribution in [0.3, 0.4) is 0 Å². The summed E-state index contributed by atoms with van der Waals surface area (Å²) < 4.78 is 54.4. The number of hydrogen-bond acceptors (Lipinski definition) is 17. The molecule has 2 bridgehead atoms. The average molecular weight is 1170 g/mol. The molecule has 12 aromatic rings. The number of nitrogens with zero attached hydrogens (tertiary/aromatic N) is 17. The Morgan fingerprint density at radius 2 is 1.10 bits per heavy atom. The van der Waals surface area contributed by atoms with Crippen molar-refractivity contribution in [2.24, 2.45) is 0 Å². The molecular weight excluding hydrogens is 1110 g/mol. The van der Waals surface area contributed by atoms with Gasteiger partial charge in [0.05, 0.1) is 68.8 Å². The Morgan fingerprint density at radius 3 is 1.67 bits per heavy atom. The van der Waals surface area contributed by atoms with Crippen LogP contribution in [0.2, 0.25) is 0 Å². The molecule has 0 radical (unpaired) electrons. The largest absolute Gasteiger partial charge is 0.436 e. The Hall–Kier alpha value is -8.99. The monoisotopic (exact) mass is 1170 g/mol. The van der Waals surface area contributed by atoms with E-state index in [1.807, 2.05) is 102 Å². The zero-order valence-electron chi connectivity index (χ0n) is 49.8. The lowest BCUT2D eigenvalue weighted by atomic mass is 9.93. The number of piperidine rings is 2. The van der Waals surface area contributed by atoms with Gasteiger partial charge in [0.15, 0.2) is 22.7 Å². The topological polar surface area (TPSA) is 198 Å². The van der Waals surface area contributed by atoms with E-state index in [1.165, 1.54) is 18.2 Å². The zero-order valence-corrected chi connectivity index (χ0v) is 49.8. The number of fused-ring (bicyclic) bond motifs is 8. The van der Waals surface area contributed by atoms with Gasteiger partial charge < -0.3 is 19.5 Å². The summed E-state index contributed by atoms with van der Waals surface area (Å²) >= 11 is 0. The van der Waals surface area contributed by atoms with E-state index in [2.05, 4.69) is 94.8 Å². The van der Waals surface area contributed by atoms with Crippen molar-refractivity contribution >= 4 is 60.9 Å². The van der Waals surface area contributed by atoms with Crippen LogP contribution in [0.15, 0.2) is 89.6 Å². The van der Waals surface area contributed by atoms with E-state index in [9.17, 15) is 8.78 Å². The van der Waals surface area contributed by atoms with Crippen molar-refractivity contribution < 1.29 is 17.6 Å². The molecule has 2 unspecified atom stereocenters. The number of hydrogen-bond donors (Lipinski definition) is 1. The first-order valence-electron chi connectivity index (χ1n) is 29.7. The minimum atomic E-state index is -0.338. The standard InChI is InChI=1S/C22H22FN7.C22H22FN5O.C21H21FN6/c1-12-4-19(27-30-9-13(2)24-22(12)30)14-5-18(23)17-8-21(26-25-20(17)6-14)29-11-15-7-16(29)10-28(15)3;1-12-8-20-21(13(2)24-12)25-22(29-20)15-9-17(23)16-11-18(26-27-19(16)10-15)14-4-6-28(3)7-5-14;1-12-6-19(27-28-11-13(2)24-21(12)28)15-7-17(22)16-9-18(25-26-20(16)8-15)14-4-3-5-23-10-14/h4-6,8-9,15-16H,7,10-11H2,1-3H3;8-11,14H,4-7H2,1-3H3;6-9,11,14,23H,3-5,10H2,1-2H3/t15?,16-;;/m0../s1. The second-order valence-corrected chi connectivity index (χ2v) is 24.1. The Kier molecular flexibility index (Phi) is 14.4. The summed E-state index contributed by atoms with van der Waals surface area (Å²) in [5, 5.41) is 40.3. The summed E-state index contributed by atoms with van der Waals surface area (Å²) in [4.78, 5) is 24.8. The van der Waals surface area contributed by atoms with Crippen molar-refractivity contribution in [3.8, 4) is 34.0 Å². The number of piperazine rings is 1. The van der Waals surface area contributed by atoms with Crippen molar-refractivity contribution in [3.63, 3.8) is 0 Å². The number of imidazole rings is 2. The Balaban J connectivity index is 0.000000115. The molecule has 4 saturated heterocycles. The molecule has 0 saturated carbocycles. The van der Waals surface area contributed by atoms with Gasteiger partial charge >= 0.3 is 0 Å². The number of aryl methyl sites for hydroxylation is 6. The van der Waals surface area contributed by atoms with Crippen molar-refractivity contribution in [3.05, 3.63) is 148 Å². The molecular formula is C65H65F3N18O. The third-order valence-corrected chi connectivity index (χ3v) is 17.6. The molecule has 4 aliphatic heterocycles. The number of anilines is 1. The number of nitrogens with one attached hydrogen (secondary N) is 1. The molecule has 3 aromatic carbocycles. The zero-order chi connectivity index (χ0) is 59.9. The van der Waals surface area contributed by atoms with Crippen LogP contribution in [-0.4, -0.2) is 145 Å². The minimum Gasteiger partial charge on any atom is -0.436 e. The highest BCUT2D eigenvalue weighted by Crippen LogP contribution is 2.37. The first-order chi connectivity index (χ1) is 42.0. The van der Waals surface area contributed by atoms with Crippen LogP contribution >= 0.6 is 0 Å². The maximum absolute atomic E-state index is 15.1. The van der Waals surface area contributed by atoms with Crippen molar-refractivity contribution in [1.82, 2.24) is 84.9 Å². The fraction of sp³-hybridized carbons (Fsp3) is 0.354. The van der Waals surface area contributed by atoms with Gasteiger partial charge in [0, 0.05) is 88.2 Å². The van der Waals surface area contributed by atoms with Gasteiger partial charge in [-0.1, -0.05) is 0 Å². The Labute approximate surface area is 499 Å². The molecule has 1 N–H and O–H groups in total. The van der Waals surface area contributed by atoms with Gasteiger partial charge in [-0.05, 0) is 185 Å². The lowest BCUT2D eigenvalue weighted by Gasteiger charge is -2.32. The van der Waals surface area contributed by atoms with Gasteiger partial charge in [0.1, 0.15) is 23.0 Å². The smallest absolute Gasteiger partial charge is 0.227 e. The normalized spacial score (nSPS) is 18.4. The van der Waals surface area contributed by atoms with Crippen LogP contribution < -0.4 is 10.2 Å². The summed E-state index contributed by atoms with van der Waals surface area (Å²) in [6.45, 7) is 17.5. The number of pyridine rings is 1. The van der Waals surface area contributed by atoms with E-state index in [0.29, 0.717) is 102 Å². The second kappa shape index (κ2) is 22.4. The highest BCUT2D eigenvalue weighted by molar-refractivity contribution is 5.88. The molecule has 0 aliphatic carbocycles. The molecule has 9 aromatic heterocycles. The van der Waals surface area contributed by atoms with Crippen molar-refractivity contribution in [2.45, 2.75) is 97.6 Å². The maximum Gasteiger partial charge on any atom is 0.227 e. The predicted octanol–water partition coefficient (Wildman–Crippen LogP) is 10.9. The number of aromatic nitrogens is 14. The van der Waals surface area contributed by atoms with Crippen LogP contribution in [0.1, 0.15) is 89.2 Å². The fourth-order valence-corrected chi connectivity index (χ4v) is 13.0. The predicted molar refractivity (Wildman–Crippen MR) is 328 cm³/mol. The number of halogens is 3.